The number of quaternary nitrogens is 1. The third-order valence-electron chi connectivity index (χ3n) is 5.64. The van der Waals surface area contributed by atoms with Crippen LogP contribution in [-0.2, 0) is 19.1 Å². The SMILES string of the molecule is COC(=O)CCC(=O)N(CCC[N+](C)(C)CC(C)O)C(C)CC(C)(C)OC(C)CC(C)(C)O. The number of carbonyl (C=O) groups is 2. The summed E-state index contributed by atoms with van der Waals surface area (Å²) in [6.07, 6.45) is 1.57. The normalized spacial score (nSPS) is 15.6. The van der Waals surface area contributed by atoms with Gasteiger partial charge in [-0.25, -0.2) is 0 Å². The van der Waals surface area contributed by atoms with E-state index in [-0.39, 0.29) is 37.0 Å². The van der Waals surface area contributed by atoms with Crippen LogP contribution in [0.25, 0.3) is 0 Å². The van der Waals surface area contributed by atoms with Crippen LogP contribution in [0.3, 0.4) is 0 Å². The fraction of sp³-hybridized carbons (Fsp3) is 0.920. The topological polar surface area (TPSA) is 96.3 Å². The number of methoxy groups -OCH3 is 1. The highest BCUT2D eigenvalue weighted by Crippen LogP contribution is 2.25. The van der Waals surface area contributed by atoms with Crippen molar-refractivity contribution in [1.29, 1.82) is 0 Å². The van der Waals surface area contributed by atoms with E-state index >= 15 is 0 Å². The van der Waals surface area contributed by atoms with Crippen LogP contribution in [0.4, 0.5) is 0 Å². The van der Waals surface area contributed by atoms with E-state index in [9.17, 15) is 19.8 Å². The molecular weight excluding hydrogens is 424 g/mol. The number of amides is 1. The van der Waals surface area contributed by atoms with E-state index in [0.717, 1.165) is 13.0 Å². The maximum atomic E-state index is 13.0. The molecule has 0 rings (SSSR count). The second-order valence-electron chi connectivity index (χ2n) is 11.5. The van der Waals surface area contributed by atoms with Gasteiger partial charge >= 0.3 is 5.97 Å². The highest BCUT2D eigenvalue weighted by Gasteiger charge is 2.31. The lowest BCUT2D eigenvalue weighted by atomic mass is 9.96. The molecule has 8 nitrogen and oxygen atoms in total. The highest BCUT2D eigenvalue weighted by molar-refractivity contribution is 5.81. The summed E-state index contributed by atoms with van der Waals surface area (Å²) in [7, 11) is 5.46. The molecule has 0 saturated heterocycles. The first-order valence-corrected chi connectivity index (χ1v) is 12.1. The summed E-state index contributed by atoms with van der Waals surface area (Å²) >= 11 is 0. The molecule has 33 heavy (non-hydrogen) atoms. The minimum absolute atomic E-state index is 0.0602. The van der Waals surface area contributed by atoms with Crippen LogP contribution in [0.2, 0.25) is 0 Å². The van der Waals surface area contributed by atoms with Crippen molar-refractivity contribution in [3.8, 4) is 0 Å². The summed E-state index contributed by atoms with van der Waals surface area (Å²) in [5.74, 6) is -0.469. The number of esters is 1. The van der Waals surface area contributed by atoms with Gasteiger partial charge in [0.05, 0.1) is 51.5 Å². The second-order valence-corrected chi connectivity index (χ2v) is 11.5. The number of ether oxygens (including phenoxy) is 2. The molecule has 0 aliphatic heterocycles. The molecule has 0 aromatic carbocycles. The largest absolute Gasteiger partial charge is 0.469 e. The van der Waals surface area contributed by atoms with Crippen molar-refractivity contribution in [2.24, 2.45) is 0 Å². The Balaban J connectivity index is 5.23. The molecule has 3 unspecified atom stereocenters. The van der Waals surface area contributed by atoms with Gasteiger partial charge in [0, 0.05) is 31.8 Å². The summed E-state index contributed by atoms with van der Waals surface area (Å²) in [5, 5.41) is 19.8. The number of likely N-dealkylation sites (N-methyl/N-ethyl adjacent to an activating group) is 1. The van der Waals surface area contributed by atoms with Crippen LogP contribution < -0.4 is 0 Å². The average molecular weight is 476 g/mol. The molecular formula is C25H51N2O6+. The third kappa shape index (κ3) is 15.3. The summed E-state index contributed by atoms with van der Waals surface area (Å²) in [6.45, 7) is 15.3. The van der Waals surface area contributed by atoms with Crippen molar-refractivity contribution in [3.05, 3.63) is 0 Å². The van der Waals surface area contributed by atoms with Crippen LogP contribution in [0.5, 0.6) is 0 Å². The first kappa shape index (κ1) is 31.8. The van der Waals surface area contributed by atoms with Gasteiger partial charge in [0.2, 0.25) is 5.91 Å². The van der Waals surface area contributed by atoms with Crippen molar-refractivity contribution in [1.82, 2.24) is 4.90 Å². The summed E-state index contributed by atoms with van der Waals surface area (Å²) < 4.78 is 11.6. The molecule has 196 valence electrons. The Labute approximate surface area is 201 Å². The van der Waals surface area contributed by atoms with Gasteiger partial charge < -0.3 is 29.1 Å². The van der Waals surface area contributed by atoms with E-state index in [0.29, 0.717) is 30.4 Å². The summed E-state index contributed by atoms with van der Waals surface area (Å²) in [5.41, 5.74) is -1.30. The van der Waals surface area contributed by atoms with E-state index in [2.05, 4.69) is 14.1 Å². The van der Waals surface area contributed by atoms with Gasteiger partial charge in [-0.1, -0.05) is 0 Å². The first-order valence-electron chi connectivity index (χ1n) is 12.1. The maximum Gasteiger partial charge on any atom is 0.306 e. The molecule has 0 bridgehead atoms. The number of hydrogen-bond acceptors (Lipinski definition) is 6. The smallest absolute Gasteiger partial charge is 0.306 e. The monoisotopic (exact) mass is 475 g/mol. The minimum Gasteiger partial charge on any atom is -0.469 e. The molecule has 0 fully saturated rings. The number of carbonyl (C=O) groups excluding carboxylic acids is 2. The van der Waals surface area contributed by atoms with Gasteiger partial charge in [0.25, 0.3) is 0 Å². The standard InChI is InChI=1S/C25H51N2O6/c1-19(16-25(6,7)33-21(3)17-24(4,5)31)26(22(29)12-13-23(30)32-10)14-11-15-27(8,9)18-20(2)28/h19-21,28,31H,11-18H2,1-10H3/q+1. The molecule has 0 aliphatic rings. The number of hydrogen-bond donors (Lipinski definition) is 2. The molecule has 8 heteroatoms. The molecule has 3 atom stereocenters. The molecule has 0 heterocycles. The molecule has 0 aliphatic carbocycles. The lowest BCUT2D eigenvalue weighted by Gasteiger charge is -2.38. The Bertz CT molecular complexity index is 598. The molecule has 2 N–H and O–H groups in total. The van der Waals surface area contributed by atoms with E-state index in [1.54, 1.807) is 20.8 Å². The van der Waals surface area contributed by atoms with Crippen LogP contribution in [0.15, 0.2) is 0 Å². The lowest BCUT2D eigenvalue weighted by molar-refractivity contribution is -0.893. The van der Waals surface area contributed by atoms with Crippen LogP contribution >= 0.6 is 0 Å². The quantitative estimate of drug-likeness (QED) is 0.263. The minimum atomic E-state index is -0.811. The van der Waals surface area contributed by atoms with Gasteiger partial charge in [0.1, 0.15) is 12.6 Å². The van der Waals surface area contributed by atoms with Gasteiger partial charge in [-0.15, -0.1) is 0 Å². The second kappa shape index (κ2) is 13.6. The molecule has 1 amide bonds. The van der Waals surface area contributed by atoms with E-state index in [1.165, 1.54) is 7.11 Å². The Morgan fingerprint density at radius 2 is 1.61 bits per heavy atom. The zero-order chi connectivity index (χ0) is 26.0. The van der Waals surface area contributed by atoms with Crippen molar-refractivity contribution in [3.63, 3.8) is 0 Å². The molecule has 0 aromatic rings. The predicted molar refractivity (Wildman–Crippen MR) is 131 cm³/mol. The summed E-state index contributed by atoms with van der Waals surface area (Å²) in [6, 6.07) is -0.0909. The van der Waals surface area contributed by atoms with Crippen molar-refractivity contribution in [2.75, 3.05) is 40.8 Å². The Morgan fingerprint density at radius 1 is 1.03 bits per heavy atom. The van der Waals surface area contributed by atoms with Crippen LogP contribution in [0, 0.1) is 0 Å². The Morgan fingerprint density at radius 3 is 2.09 bits per heavy atom. The maximum absolute atomic E-state index is 13.0. The number of rotatable bonds is 16. The fourth-order valence-electron chi connectivity index (χ4n) is 4.68. The Kier molecular flexibility index (Phi) is 13.1. The highest BCUT2D eigenvalue weighted by atomic mass is 16.5. The van der Waals surface area contributed by atoms with Crippen LogP contribution in [0.1, 0.15) is 80.6 Å². The first-order chi connectivity index (χ1) is 14.9. The predicted octanol–water partition coefficient (Wildman–Crippen LogP) is 2.74. The van der Waals surface area contributed by atoms with Gasteiger partial charge in [-0.3, -0.25) is 9.59 Å². The number of aliphatic hydroxyl groups is 2. The average Bonchev–Trinajstić information content (AvgIpc) is 2.58. The fourth-order valence-corrected chi connectivity index (χ4v) is 4.68. The number of aliphatic hydroxyl groups excluding tert-OH is 1. The lowest BCUT2D eigenvalue weighted by Crippen LogP contribution is -2.48. The molecule has 0 spiro atoms. The summed E-state index contributed by atoms with van der Waals surface area (Å²) in [4.78, 5) is 26.4. The molecule has 0 radical (unpaired) electrons. The van der Waals surface area contributed by atoms with Gasteiger partial charge in [0.15, 0.2) is 0 Å². The van der Waals surface area contributed by atoms with Gasteiger partial charge in [-0.2, -0.15) is 0 Å². The van der Waals surface area contributed by atoms with E-state index in [1.807, 2.05) is 32.6 Å². The third-order valence-corrected chi connectivity index (χ3v) is 5.64. The molecule has 0 aromatic heterocycles. The van der Waals surface area contributed by atoms with Crippen molar-refractivity contribution in [2.45, 2.75) is 110 Å². The zero-order valence-corrected chi connectivity index (χ0v) is 22.8. The zero-order valence-electron chi connectivity index (χ0n) is 22.8. The van der Waals surface area contributed by atoms with Gasteiger partial charge in [-0.05, 0) is 54.9 Å². The Hall–Kier alpha value is -1.22. The van der Waals surface area contributed by atoms with Crippen molar-refractivity contribution < 1.29 is 33.8 Å². The van der Waals surface area contributed by atoms with E-state index in [4.69, 9.17) is 9.47 Å². The van der Waals surface area contributed by atoms with Crippen molar-refractivity contribution >= 4 is 11.9 Å². The number of nitrogens with zero attached hydrogens (tertiary/aromatic N) is 2. The van der Waals surface area contributed by atoms with Crippen LogP contribution in [-0.4, -0.2) is 102 Å². The van der Waals surface area contributed by atoms with E-state index < -0.39 is 17.2 Å². The molecule has 0 saturated carbocycles.